The number of hydrogen-bond donors (Lipinski definition) is 4. The van der Waals surface area contributed by atoms with Gasteiger partial charge in [-0.05, 0) is 63.9 Å². The Morgan fingerprint density at radius 3 is 2.69 bits per heavy atom. The van der Waals surface area contributed by atoms with Crippen molar-refractivity contribution in [3.63, 3.8) is 0 Å². The molecule has 3 saturated carbocycles. The molecule has 4 fully saturated rings. The maximum Gasteiger partial charge on any atom is 0.250 e. The molecule has 0 radical (unpaired) electrons. The zero-order valence-corrected chi connectivity index (χ0v) is 23.5. The van der Waals surface area contributed by atoms with Crippen molar-refractivity contribution in [1.82, 2.24) is 25.4 Å². The fourth-order valence-electron chi connectivity index (χ4n) is 7.34. The number of fused-ring (bicyclic) bond motifs is 4. The van der Waals surface area contributed by atoms with Crippen molar-refractivity contribution in [2.24, 2.45) is 5.41 Å². The van der Waals surface area contributed by atoms with Crippen molar-refractivity contribution in [3.05, 3.63) is 34.3 Å². The molecule has 4 heterocycles. The number of aromatic nitrogens is 3. The van der Waals surface area contributed by atoms with Crippen molar-refractivity contribution >= 4 is 23.6 Å². The van der Waals surface area contributed by atoms with Crippen LogP contribution in [0.3, 0.4) is 0 Å². The molecule has 5 aliphatic rings. The minimum atomic E-state index is -0.365. The van der Waals surface area contributed by atoms with Gasteiger partial charge in [0.05, 0.1) is 23.6 Å². The van der Waals surface area contributed by atoms with Gasteiger partial charge in [0, 0.05) is 74.9 Å². The molecule has 7 rings (SSSR count). The predicted molar refractivity (Wildman–Crippen MR) is 152 cm³/mol. The molecule has 2 bridgehead atoms. The highest BCUT2D eigenvalue weighted by atomic mass is 16.5. The zero-order chi connectivity index (χ0) is 27.2. The van der Waals surface area contributed by atoms with E-state index in [4.69, 9.17) is 15.2 Å². The monoisotopic (exact) mass is 534 g/mol. The fourth-order valence-corrected chi connectivity index (χ4v) is 7.34. The highest BCUT2D eigenvalue weighted by Crippen LogP contribution is 2.53. The molecule has 4 N–H and O–H groups in total. The van der Waals surface area contributed by atoms with Gasteiger partial charge in [0.15, 0.2) is 0 Å². The lowest BCUT2D eigenvalue weighted by molar-refractivity contribution is -0.138. The number of pyridine rings is 1. The van der Waals surface area contributed by atoms with Gasteiger partial charge in [-0.3, -0.25) is 9.48 Å². The summed E-state index contributed by atoms with van der Waals surface area (Å²) in [5.41, 5.74) is 6.83. The van der Waals surface area contributed by atoms with E-state index in [1.807, 2.05) is 14.0 Å². The molecule has 0 aromatic carbocycles. The summed E-state index contributed by atoms with van der Waals surface area (Å²) in [4.78, 5) is 19.8. The van der Waals surface area contributed by atoms with Gasteiger partial charge in [0.1, 0.15) is 11.9 Å². The van der Waals surface area contributed by atoms with Crippen LogP contribution >= 0.6 is 0 Å². The first-order valence-electron chi connectivity index (χ1n) is 14.5. The molecule has 10 heteroatoms. The number of rotatable bonds is 7. The molecule has 39 heavy (non-hydrogen) atoms. The first-order valence-corrected chi connectivity index (χ1v) is 14.5. The van der Waals surface area contributed by atoms with E-state index < -0.39 is 0 Å². The van der Waals surface area contributed by atoms with Crippen molar-refractivity contribution in [1.29, 1.82) is 5.41 Å². The molecule has 1 amide bonds. The quantitative estimate of drug-likeness (QED) is 0.403. The van der Waals surface area contributed by atoms with Crippen LogP contribution in [0.15, 0.2) is 6.07 Å². The van der Waals surface area contributed by atoms with Crippen LogP contribution in [-0.4, -0.2) is 71.8 Å². The highest BCUT2D eigenvalue weighted by Gasteiger charge is 2.50. The second-order valence-electron chi connectivity index (χ2n) is 12.1. The van der Waals surface area contributed by atoms with Gasteiger partial charge in [0.2, 0.25) is 0 Å². The SMILES string of the molecule is CNc1nc(C)cc(N2CCc3c(c(C)nn3CC34CCC(NC(=O)C5CNCCO5)(CC3)CC4)C2)c1C=N. The maximum absolute atomic E-state index is 12.9. The number of carbonyl (C=O) groups is 1. The van der Waals surface area contributed by atoms with E-state index in [9.17, 15) is 4.79 Å². The Kier molecular flexibility index (Phi) is 6.87. The Hall–Kier alpha value is -2.98. The smallest absolute Gasteiger partial charge is 0.250 e. The summed E-state index contributed by atoms with van der Waals surface area (Å²) in [6.45, 7) is 8.82. The summed E-state index contributed by atoms with van der Waals surface area (Å²) in [5, 5.41) is 22.9. The number of anilines is 2. The van der Waals surface area contributed by atoms with E-state index in [2.05, 4.69) is 43.5 Å². The third-order valence-corrected chi connectivity index (χ3v) is 9.72. The molecule has 1 atom stereocenters. The summed E-state index contributed by atoms with van der Waals surface area (Å²) in [5.74, 6) is 0.803. The average molecular weight is 535 g/mol. The average Bonchev–Trinajstić information content (AvgIpc) is 3.27. The number of amides is 1. The van der Waals surface area contributed by atoms with Gasteiger partial charge < -0.3 is 31.0 Å². The van der Waals surface area contributed by atoms with Crippen LogP contribution < -0.4 is 20.9 Å². The molecule has 0 spiro atoms. The zero-order valence-electron chi connectivity index (χ0n) is 23.5. The minimum absolute atomic E-state index is 0.0512. The largest absolute Gasteiger partial charge is 0.373 e. The number of nitrogens with zero attached hydrogens (tertiary/aromatic N) is 4. The predicted octanol–water partition coefficient (Wildman–Crippen LogP) is 2.69. The second kappa shape index (κ2) is 10.2. The van der Waals surface area contributed by atoms with Gasteiger partial charge in [-0.15, -0.1) is 0 Å². The van der Waals surface area contributed by atoms with Crippen molar-refractivity contribution in [2.75, 3.05) is 43.5 Å². The summed E-state index contributed by atoms with van der Waals surface area (Å²) < 4.78 is 8.01. The molecule has 3 aliphatic carbocycles. The third-order valence-electron chi connectivity index (χ3n) is 9.72. The summed E-state index contributed by atoms with van der Waals surface area (Å²) >= 11 is 0. The lowest BCUT2D eigenvalue weighted by Gasteiger charge is -2.54. The molecular formula is C29H42N8O2. The number of hydrogen-bond acceptors (Lipinski definition) is 8. The van der Waals surface area contributed by atoms with E-state index in [-0.39, 0.29) is 23.0 Å². The summed E-state index contributed by atoms with van der Waals surface area (Å²) in [6.07, 6.45) is 8.48. The van der Waals surface area contributed by atoms with Gasteiger partial charge in [-0.2, -0.15) is 5.10 Å². The standard InChI is InChI=1S/C29H42N8O2/c1-19-14-24(21(15-30)26(31-3)33-19)36-12-4-23-22(17-36)20(2)35-37(23)18-28-5-8-29(9-6-28,10-7-28)34-27(38)25-16-32-11-13-39-25/h14-15,25,30,32H,4-13,16-18H2,1-3H3,(H,31,33)(H,34,38). The van der Waals surface area contributed by atoms with Crippen LogP contribution in [0.4, 0.5) is 11.5 Å². The van der Waals surface area contributed by atoms with Gasteiger partial charge in [-0.1, -0.05) is 0 Å². The molecular weight excluding hydrogens is 492 g/mol. The molecule has 2 aromatic heterocycles. The number of aryl methyl sites for hydroxylation is 2. The lowest BCUT2D eigenvalue weighted by Crippen LogP contribution is -2.60. The second-order valence-corrected chi connectivity index (χ2v) is 12.1. The van der Waals surface area contributed by atoms with Gasteiger partial charge >= 0.3 is 0 Å². The molecule has 210 valence electrons. The molecule has 2 aromatic rings. The van der Waals surface area contributed by atoms with Crippen molar-refractivity contribution < 1.29 is 9.53 Å². The normalized spacial score (nSPS) is 28.2. The molecule has 1 unspecified atom stereocenters. The minimum Gasteiger partial charge on any atom is -0.373 e. The van der Waals surface area contributed by atoms with Gasteiger partial charge in [0.25, 0.3) is 5.91 Å². The Bertz CT molecular complexity index is 1240. The van der Waals surface area contributed by atoms with Crippen molar-refractivity contribution in [3.8, 4) is 0 Å². The van der Waals surface area contributed by atoms with Crippen molar-refractivity contribution in [2.45, 2.75) is 83.5 Å². The Labute approximate surface area is 230 Å². The number of nitrogens with one attached hydrogen (secondary N) is 4. The topological polar surface area (TPSA) is 120 Å². The summed E-state index contributed by atoms with van der Waals surface area (Å²) in [6, 6.07) is 2.09. The Balaban J connectivity index is 1.15. The molecule has 1 saturated heterocycles. The van der Waals surface area contributed by atoms with Crippen LogP contribution in [0.25, 0.3) is 0 Å². The number of morpholine rings is 1. The molecule has 2 aliphatic heterocycles. The van der Waals surface area contributed by atoms with E-state index in [1.165, 1.54) is 17.5 Å². The van der Waals surface area contributed by atoms with Crippen LogP contribution in [0.2, 0.25) is 0 Å². The Morgan fingerprint density at radius 2 is 2.03 bits per heavy atom. The van der Waals surface area contributed by atoms with Crippen LogP contribution in [0.1, 0.15) is 66.7 Å². The van der Waals surface area contributed by atoms with E-state index in [0.29, 0.717) is 13.2 Å². The molecule has 10 nitrogen and oxygen atoms in total. The maximum atomic E-state index is 12.9. The van der Waals surface area contributed by atoms with E-state index in [1.54, 1.807) is 0 Å². The number of carbonyl (C=O) groups excluding carboxylic acids is 1. The Morgan fingerprint density at radius 1 is 1.26 bits per heavy atom. The first-order chi connectivity index (χ1) is 18.8. The third kappa shape index (κ3) is 4.82. The van der Waals surface area contributed by atoms with Crippen LogP contribution in [-0.2, 0) is 29.0 Å². The van der Waals surface area contributed by atoms with Gasteiger partial charge in [-0.25, -0.2) is 4.98 Å². The summed E-state index contributed by atoms with van der Waals surface area (Å²) in [7, 11) is 1.86. The lowest BCUT2D eigenvalue weighted by atomic mass is 9.57. The van der Waals surface area contributed by atoms with Crippen LogP contribution in [0.5, 0.6) is 0 Å². The van der Waals surface area contributed by atoms with Crippen LogP contribution in [0, 0.1) is 24.7 Å². The van der Waals surface area contributed by atoms with E-state index >= 15 is 0 Å². The highest BCUT2D eigenvalue weighted by molar-refractivity contribution is 5.92. The van der Waals surface area contributed by atoms with E-state index in [0.717, 1.165) is 99.6 Å². The number of ether oxygens (including phenoxy) is 1. The fraction of sp³-hybridized carbons (Fsp3) is 0.655. The first kappa shape index (κ1) is 26.3.